The van der Waals surface area contributed by atoms with Crippen LogP contribution in [0.3, 0.4) is 0 Å². The van der Waals surface area contributed by atoms with Crippen LogP contribution in [0, 0.1) is 0 Å². The molecule has 0 fully saturated rings. The van der Waals surface area contributed by atoms with Gasteiger partial charge in [0.05, 0.1) is 13.2 Å². The number of ether oxygens (including phenoxy) is 1. The molecule has 0 aromatic carbocycles. The molecule has 0 radical (unpaired) electrons. The molecule has 0 aromatic rings. The van der Waals surface area contributed by atoms with Gasteiger partial charge >= 0.3 is 5.97 Å². The molecular formula is C13H32N2O2Si2. The molecule has 0 spiro atoms. The van der Waals surface area contributed by atoms with Gasteiger partial charge in [0, 0.05) is 0 Å². The summed E-state index contributed by atoms with van der Waals surface area (Å²) in [4.78, 5) is 12.2. The van der Waals surface area contributed by atoms with Gasteiger partial charge in [0.25, 0.3) is 0 Å². The maximum absolute atomic E-state index is 12.2. The molecule has 0 rings (SSSR count). The van der Waals surface area contributed by atoms with E-state index in [4.69, 9.17) is 10.5 Å². The van der Waals surface area contributed by atoms with E-state index in [-0.39, 0.29) is 12.0 Å². The number of rotatable bonds is 8. The maximum atomic E-state index is 12.2. The molecule has 0 aliphatic rings. The molecule has 19 heavy (non-hydrogen) atoms. The normalized spacial score (nSPS) is 14.6. The molecule has 0 aliphatic heterocycles. The number of esters is 1. The quantitative estimate of drug-likeness (QED) is 0.425. The van der Waals surface area contributed by atoms with Crippen molar-refractivity contribution in [1.82, 2.24) is 4.23 Å². The molecule has 0 aromatic heterocycles. The highest BCUT2D eigenvalue weighted by atomic mass is 28.4. The van der Waals surface area contributed by atoms with Gasteiger partial charge < -0.3 is 14.7 Å². The summed E-state index contributed by atoms with van der Waals surface area (Å²) in [6, 6.07) is -0.0881. The Morgan fingerprint density at radius 2 is 1.58 bits per heavy atom. The first-order valence-corrected chi connectivity index (χ1v) is 14.0. The van der Waals surface area contributed by atoms with Gasteiger partial charge in [-0.05, 0) is 19.4 Å². The lowest BCUT2D eigenvalue weighted by Crippen LogP contribution is -2.65. The number of methoxy groups -OCH3 is 1. The lowest BCUT2D eigenvalue weighted by molar-refractivity contribution is -0.144. The fourth-order valence-electron chi connectivity index (χ4n) is 2.91. The number of carbonyl (C=O) groups is 1. The number of nitrogens with zero attached hydrogens (tertiary/aromatic N) is 1. The maximum Gasteiger partial charge on any atom is 0.321 e. The van der Waals surface area contributed by atoms with Crippen LogP contribution in [0.1, 0.15) is 19.3 Å². The second-order valence-corrected chi connectivity index (χ2v) is 17.1. The summed E-state index contributed by atoms with van der Waals surface area (Å²) in [5.74, 6) is -0.0816. The highest BCUT2D eigenvalue weighted by Gasteiger charge is 2.42. The summed E-state index contributed by atoms with van der Waals surface area (Å²) in [7, 11) is -1.63. The molecular weight excluding hydrogens is 272 g/mol. The molecule has 0 bridgehead atoms. The first-order valence-electron chi connectivity index (χ1n) is 7.13. The third-order valence-corrected chi connectivity index (χ3v) is 10.7. The van der Waals surface area contributed by atoms with Crippen LogP contribution in [0.2, 0.25) is 39.3 Å². The molecule has 0 aliphatic carbocycles. The van der Waals surface area contributed by atoms with Crippen molar-refractivity contribution in [2.45, 2.75) is 64.6 Å². The SMILES string of the molecule is COC(=O)[C@H](CCCCN)N([Si](C)(C)C)[Si](C)(C)C. The third-order valence-electron chi connectivity index (χ3n) is 3.16. The predicted molar refractivity (Wildman–Crippen MR) is 87.2 cm³/mol. The molecule has 0 saturated carbocycles. The van der Waals surface area contributed by atoms with Crippen molar-refractivity contribution in [3.8, 4) is 0 Å². The second kappa shape index (κ2) is 7.56. The summed E-state index contributed by atoms with van der Waals surface area (Å²) in [5, 5.41) is 0. The highest BCUT2D eigenvalue weighted by molar-refractivity contribution is 6.89. The number of carbonyl (C=O) groups excluding carboxylic acids is 1. The molecule has 0 unspecified atom stereocenters. The van der Waals surface area contributed by atoms with Crippen LogP contribution in [0.4, 0.5) is 0 Å². The number of hydrogen-bond donors (Lipinski definition) is 1. The fraction of sp³-hybridized carbons (Fsp3) is 0.923. The number of unbranched alkanes of at least 4 members (excludes halogenated alkanes) is 1. The van der Waals surface area contributed by atoms with Crippen molar-refractivity contribution in [2.24, 2.45) is 5.73 Å². The van der Waals surface area contributed by atoms with Gasteiger partial charge in [-0.2, -0.15) is 0 Å². The Balaban J connectivity index is 5.20. The lowest BCUT2D eigenvalue weighted by Gasteiger charge is -2.47. The lowest BCUT2D eigenvalue weighted by atomic mass is 10.1. The molecule has 6 heteroatoms. The predicted octanol–water partition coefficient (Wildman–Crippen LogP) is 2.63. The minimum atomic E-state index is -1.56. The van der Waals surface area contributed by atoms with Crippen molar-refractivity contribution in [1.29, 1.82) is 0 Å². The minimum absolute atomic E-state index is 0.0816. The van der Waals surface area contributed by atoms with Crippen LogP contribution in [0.15, 0.2) is 0 Å². The Labute approximate surface area is 120 Å². The summed E-state index contributed by atoms with van der Waals surface area (Å²) in [6.45, 7) is 14.5. The largest absolute Gasteiger partial charge is 0.468 e. The van der Waals surface area contributed by atoms with Gasteiger partial charge in [-0.15, -0.1) is 0 Å². The molecule has 0 saturated heterocycles. The van der Waals surface area contributed by atoms with Crippen molar-refractivity contribution in [2.75, 3.05) is 13.7 Å². The van der Waals surface area contributed by atoms with Gasteiger partial charge in [-0.3, -0.25) is 4.79 Å². The smallest absolute Gasteiger partial charge is 0.321 e. The zero-order valence-electron chi connectivity index (χ0n) is 13.7. The van der Waals surface area contributed by atoms with Gasteiger partial charge in [0.2, 0.25) is 0 Å². The van der Waals surface area contributed by atoms with Gasteiger partial charge in [-0.25, -0.2) is 0 Å². The van der Waals surface area contributed by atoms with Crippen molar-refractivity contribution < 1.29 is 9.53 Å². The topological polar surface area (TPSA) is 55.6 Å². The van der Waals surface area contributed by atoms with Crippen LogP contribution in [-0.4, -0.2) is 46.4 Å². The third kappa shape index (κ3) is 6.20. The Morgan fingerprint density at radius 3 is 1.89 bits per heavy atom. The standard InChI is InChI=1S/C13H32N2O2Si2/c1-17-13(16)12(10-8-9-11-14)15(18(2,3)4)19(5,6)7/h12H,8-11,14H2,1-7H3/t12-/m0/s1. The zero-order chi connectivity index (χ0) is 15.3. The summed E-state index contributed by atoms with van der Waals surface area (Å²) in [6.07, 6.45) is 2.82. The van der Waals surface area contributed by atoms with Crippen LogP contribution in [0.25, 0.3) is 0 Å². The van der Waals surface area contributed by atoms with Gasteiger partial charge in [0.15, 0.2) is 0 Å². The van der Waals surface area contributed by atoms with E-state index in [0.29, 0.717) is 6.54 Å². The highest BCUT2D eigenvalue weighted by Crippen LogP contribution is 2.26. The monoisotopic (exact) mass is 304 g/mol. The van der Waals surface area contributed by atoms with Crippen LogP contribution >= 0.6 is 0 Å². The van der Waals surface area contributed by atoms with E-state index in [2.05, 4.69) is 43.5 Å². The van der Waals surface area contributed by atoms with Crippen LogP contribution < -0.4 is 5.73 Å². The minimum Gasteiger partial charge on any atom is -0.468 e. The van der Waals surface area contributed by atoms with E-state index in [1.54, 1.807) is 0 Å². The van der Waals surface area contributed by atoms with Crippen molar-refractivity contribution in [3.63, 3.8) is 0 Å². The van der Waals surface area contributed by atoms with E-state index in [1.165, 1.54) is 7.11 Å². The summed E-state index contributed by atoms with van der Waals surface area (Å²) in [5.41, 5.74) is 5.56. The van der Waals surface area contributed by atoms with E-state index in [9.17, 15) is 4.79 Å². The van der Waals surface area contributed by atoms with Gasteiger partial charge in [0.1, 0.15) is 16.5 Å². The number of nitrogens with two attached hydrogens (primary N) is 1. The molecule has 1 atom stereocenters. The Morgan fingerprint density at radius 1 is 1.11 bits per heavy atom. The molecule has 2 N–H and O–H groups in total. The first-order chi connectivity index (χ1) is 8.55. The van der Waals surface area contributed by atoms with Crippen LogP contribution in [-0.2, 0) is 9.53 Å². The Bertz CT molecular complexity index is 271. The first kappa shape index (κ1) is 18.8. The average molecular weight is 305 g/mol. The van der Waals surface area contributed by atoms with Gasteiger partial charge in [-0.1, -0.05) is 45.7 Å². The van der Waals surface area contributed by atoms with E-state index in [1.807, 2.05) is 0 Å². The van der Waals surface area contributed by atoms with E-state index in [0.717, 1.165) is 19.3 Å². The van der Waals surface area contributed by atoms with E-state index >= 15 is 0 Å². The summed E-state index contributed by atoms with van der Waals surface area (Å²) < 4.78 is 7.58. The average Bonchev–Trinajstić information content (AvgIpc) is 2.23. The molecule has 114 valence electrons. The molecule has 4 nitrogen and oxygen atoms in total. The molecule has 0 amide bonds. The summed E-state index contributed by atoms with van der Waals surface area (Å²) >= 11 is 0. The second-order valence-electron chi connectivity index (χ2n) is 7.04. The van der Waals surface area contributed by atoms with Crippen molar-refractivity contribution >= 4 is 22.4 Å². The Hall–Kier alpha value is -0.176. The fourth-order valence-corrected chi connectivity index (χ4v) is 13.3. The van der Waals surface area contributed by atoms with Crippen LogP contribution in [0.5, 0.6) is 0 Å². The molecule has 0 heterocycles. The van der Waals surface area contributed by atoms with Crippen molar-refractivity contribution in [3.05, 3.63) is 0 Å². The Kier molecular flexibility index (Phi) is 7.49. The van der Waals surface area contributed by atoms with E-state index < -0.39 is 16.5 Å². The number of hydrogen-bond acceptors (Lipinski definition) is 4. The zero-order valence-corrected chi connectivity index (χ0v) is 15.7.